The zero-order chi connectivity index (χ0) is 12.7. The van der Waals surface area contributed by atoms with Crippen LogP contribution in [0, 0.1) is 0 Å². The molecule has 5 heteroatoms. The van der Waals surface area contributed by atoms with Gasteiger partial charge in [0.1, 0.15) is 5.75 Å². The number of rotatable bonds is 6. The second-order valence-corrected chi connectivity index (χ2v) is 5.55. The van der Waals surface area contributed by atoms with E-state index in [0.717, 1.165) is 5.69 Å². The Balaban J connectivity index is 2.32. The summed E-state index contributed by atoms with van der Waals surface area (Å²) in [5, 5.41) is 2.70. The van der Waals surface area contributed by atoms with Gasteiger partial charge in [0, 0.05) is 28.3 Å². The van der Waals surface area contributed by atoms with Crippen molar-refractivity contribution in [3.8, 4) is 0 Å². The molecule has 1 amide bonds. The maximum absolute atomic E-state index is 11.5. The van der Waals surface area contributed by atoms with Crippen molar-refractivity contribution in [2.45, 2.75) is 19.4 Å². The van der Waals surface area contributed by atoms with Crippen LogP contribution in [0.1, 0.15) is 13.3 Å². The molecule has 0 aliphatic rings. The number of carbonyl (C=O) groups excluding carboxylic acids is 1. The summed E-state index contributed by atoms with van der Waals surface area (Å²) in [6.07, 6.45) is 0.672. The smallest absolute Gasteiger partial charge is 0.236 e. The average Bonchev–Trinajstić information content (AvgIpc) is 2.27. The third-order valence-electron chi connectivity index (χ3n) is 2.15. The van der Waals surface area contributed by atoms with Crippen molar-refractivity contribution < 1.29 is 9.00 Å². The molecule has 1 aromatic carbocycles. The molecule has 94 valence electrons. The van der Waals surface area contributed by atoms with E-state index in [-0.39, 0.29) is 17.7 Å². The lowest BCUT2D eigenvalue weighted by Gasteiger charge is -2.06. The predicted octanol–water partition coefficient (Wildman–Crippen LogP) is 1.11. The van der Waals surface area contributed by atoms with Crippen molar-refractivity contribution >= 4 is 22.4 Å². The summed E-state index contributed by atoms with van der Waals surface area (Å²) in [5.74, 6) is 0.279. The van der Waals surface area contributed by atoms with Gasteiger partial charge in [-0.3, -0.25) is 9.00 Å². The van der Waals surface area contributed by atoms with Crippen LogP contribution >= 0.6 is 0 Å². The normalized spacial score (nSPS) is 14.0. The fraction of sp³-hybridized carbons (Fsp3) is 0.417. The van der Waals surface area contributed by atoms with Gasteiger partial charge < -0.3 is 11.1 Å². The Labute approximate surface area is 104 Å². The highest BCUT2D eigenvalue weighted by molar-refractivity contribution is 7.85. The Hall–Kier alpha value is -1.20. The molecule has 1 aromatic rings. The van der Waals surface area contributed by atoms with Crippen molar-refractivity contribution in [1.82, 2.24) is 0 Å². The summed E-state index contributed by atoms with van der Waals surface area (Å²) >= 11 is 0. The highest BCUT2D eigenvalue weighted by atomic mass is 32.2. The van der Waals surface area contributed by atoms with E-state index in [1.54, 1.807) is 12.1 Å². The molecular formula is C12H18N2O2S. The largest absolute Gasteiger partial charge is 0.328 e. The van der Waals surface area contributed by atoms with E-state index in [0.29, 0.717) is 12.2 Å². The van der Waals surface area contributed by atoms with E-state index in [2.05, 4.69) is 5.32 Å². The third kappa shape index (κ3) is 6.19. The molecule has 0 radical (unpaired) electrons. The van der Waals surface area contributed by atoms with Crippen LogP contribution in [0.5, 0.6) is 0 Å². The third-order valence-corrected chi connectivity index (χ3v) is 3.43. The number of nitrogens with one attached hydrogen (secondary N) is 1. The maximum atomic E-state index is 11.5. The predicted molar refractivity (Wildman–Crippen MR) is 71.2 cm³/mol. The highest BCUT2D eigenvalue weighted by Gasteiger charge is 2.08. The van der Waals surface area contributed by atoms with Crippen LogP contribution in [-0.4, -0.2) is 27.7 Å². The van der Waals surface area contributed by atoms with Gasteiger partial charge in [0.2, 0.25) is 5.91 Å². The van der Waals surface area contributed by atoms with Crippen molar-refractivity contribution in [3.63, 3.8) is 0 Å². The molecule has 0 fully saturated rings. The van der Waals surface area contributed by atoms with E-state index >= 15 is 0 Å². The first kappa shape index (κ1) is 13.9. The molecule has 0 bridgehead atoms. The van der Waals surface area contributed by atoms with Gasteiger partial charge in [-0.25, -0.2) is 0 Å². The van der Waals surface area contributed by atoms with Crippen molar-refractivity contribution in [2.24, 2.45) is 5.73 Å². The Morgan fingerprint density at radius 1 is 1.41 bits per heavy atom. The van der Waals surface area contributed by atoms with Crippen LogP contribution in [-0.2, 0) is 15.6 Å². The fourth-order valence-corrected chi connectivity index (χ4v) is 2.40. The standard InChI is InChI=1S/C12H18N2O2S/c1-10(13)7-8-17(16)9-12(15)14-11-5-3-2-4-6-11/h2-6,10H,7-9,13H2,1H3,(H,14,15). The zero-order valence-electron chi connectivity index (χ0n) is 9.89. The van der Waals surface area contributed by atoms with Gasteiger partial charge >= 0.3 is 0 Å². The molecule has 0 aliphatic carbocycles. The van der Waals surface area contributed by atoms with Gasteiger partial charge in [0.15, 0.2) is 0 Å². The molecule has 2 unspecified atom stereocenters. The Kier molecular flexibility index (Phi) is 5.86. The SMILES string of the molecule is CC(N)CCS(=O)CC(=O)Nc1ccccc1. The molecule has 0 saturated carbocycles. The Bertz CT molecular complexity index is 379. The summed E-state index contributed by atoms with van der Waals surface area (Å²) in [6, 6.07) is 9.16. The van der Waals surface area contributed by atoms with E-state index in [9.17, 15) is 9.00 Å². The Morgan fingerprint density at radius 3 is 2.65 bits per heavy atom. The van der Waals surface area contributed by atoms with Gasteiger partial charge in [-0.15, -0.1) is 0 Å². The summed E-state index contributed by atoms with van der Waals surface area (Å²) in [4.78, 5) is 11.5. The molecule has 2 atom stereocenters. The number of hydrogen-bond donors (Lipinski definition) is 2. The van der Waals surface area contributed by atoms with E-state index in [1.165, 1.54) is 0 Å². The van der Waals surface area contributed by atoms with Crippen LogP contribution < -0.4 is 11.1 Å². The number of amides is 1. The molecule has 1 rings (SSSR count). The molecule has 0 aliphatic heterocycles. The van der Waals surface area contributed by atoms with Crippen LogP contribution in [0.25, 0.3) is 0 Å². The lowest BCUT2D eigenvalue weighted by molar-refractivity contribution is -0.113. The summed E-state index contributed by atoms with van der Waals surface area (Å²) < 4.78 is 11.5. The minimum Gasteiger partial charge on any atom is -0.328 e. The van der Waals surface area contributed by atoms with Crippen molar-refractivity contribution in [3.05, 3.63) is 30.3 Å². The topological polar surface area (TPSA) is 72.2 Å². The summed E-state index contributed by atoms with van der Waals surface area (Å²) in [6.45, 7) is 1.86. The molecule has 4 nitrogen and oxygen atoms in total. The minimum atomic E-state index is -1.14. The molecule has 0 saturated heterocycles. The lowest BCUT2D eigenvalue weighted by Crippen LogP contribution is -2.23. The number of hydrogen-bond acceptors (Lipinski definition) is 3. The molecule has 3 N–H and O–H groups in total. The quantitative estimate of drug-likeness (QED) is 0.799. The molecular weight excluding hydrogens is 236 g/mol. The maximum Gasteiger partial charge on any atom is 0.236 e. The first-order valence-corrected chi connectivity index (χ1v) is 7.02. The monoisotopic (exact) mass is 254 g/mol. The molecule has 0 spiro atoms. The number of benzene rings is 1. The first-order chi connectivity index (χ1) is 8.08. The van der Waals surface area contributed by atoms with Crippen LogP contribution in [0.2, 0.25) is 0 Å². The first-order valence-electron chi connectivity index (χ1n) is 5.53. The second-order valence-electron chi connectivity index (χ2n) is 3.97. The zero-order valence-corrected chi connectivity index (χ0v) is 10.7. The van der Waals surface area contributed by atoms with Crippen LogP contribution in [0.3, 0.4) is 0 Å². The van der Waals surface area contributed by atoms with Gasteiger partial charge in [-0.05, 0) is 25.5 Å². The van der Waals surface area contributed by atoms with E-state index in [1.807, 2.05) is 25.1 Å². The number of carbonyl (C=O) groups is 1. The number of anilines is 1. The lowest BCUT2D eigenvalue weighted by atomic mass is 10.3. The van der Waals surface area contributed by atoms with Crippen LogP contribution in [0.4, 0.5) is 5.69 Å². The molecule has 0 aromatic heterocycles. The summed E-state index contributed by atoms with van der Waals surface area (Å²) in [7, 11) is -1.14. The molecule has 17 heavy (non-hydrogen) atoms. The fourth-order valence-electron chi connectivity index (χ4n) is 1.25. The van der Waals surface area contributed by atoms with Gasteiger partial charge in [0.05, 0.1) is 0 Å². The van der Waals surface area contributed by atoms with Crippen molar-refractivity contribution in [1.29, 1.82) is 0 Å². The Morgan fingerprint density at radius 2 is 2.06 bits per heavy atom. The van der Waals surface area contributed by atoms with E-state index < -0.39 is 10.8 Å². The number of para-hydroxylation sites is 1. The van der Waals surface area contributed by atoms with Gasteiger partial charge in [-0.1, -0.05) is 18.2 Å². The van der Waals surface area contributed by atoms with Gasteiger partial charge in [-0.2, -0.15) is 0 Å². The molecule has 0 heterocycles. The van der Waals surface area contributed by atoms with E-state index in [4.69, 9.17) is 5.73 Å². The number of nitrogens with two attached hydrogens (primary N) is 1. The van der Waals surface area contributed by atoms with Crippen LogP contribution in [0.15, 0.2) is 30.3 Å². The van der Waals surface area contributed by atoms with Crippen molar-refractivity contribution in [2.75, 3.05) is 16.8 Å². The summed E-state index contributed by atoms with van der Waals surface area (Å²) in [5.41, 5.74) is 6.28. The average molecular weight is 254 g/mol. The minimum absolute atomic E-state index is 0.0242. The highest BCUT2D eigenvalue weighted by Crippen LogP contribution is 2.04. The second kappa shape index (κ2) is 7.19. The van der Waals surface area contributed by atoms with Gasteiger partial charge in [0.25, 0.3) is 0 Å².